The Labute approximate surface area is 198 Å². The van der Waals surface area contributed by atoms with Crippen molar-refractivity contribution in [3.63, 3.8) is 0 Å². The highest BCUT2D eigenvalue weighted by Gasteiger charge is 1.96. The van der Waals surface area contributed by atoms with E-state index in [1.54, 1.807) is 0 Å². The number of nitrogens with zero attached hydrogens (tertiary/aromatic N) is 3. The summed E-state index contributed by atoms with van der Waals surface area (Å²) < 4.78 is 16.8. The number of unbranched alkanes of at least 4 members (excludes halogenated alkanes) is 16. The zero-order valence-electron chi connectivity index (χ0n) is 21.2. The van der Waals surface area contributed by atoms with Gasteiger partial charge in [-0.15, -0.1) is 0 Å². The van der Waals surface area contributed by atoms with Crippen molar-refractivity contribution in [1.29, 1.82) is 0 Å². The van der Waals surface area contributed by atoms with Gasteiger partial charge in [-0.05, 0) is 24.8 Å². The van der Waals surface area contributed by atoms with E-state index in [0.717, 1.165) is 26.1 Å². The standard InChI is InChI=1S/C26H53N3O3/c1-2-3-4-5-6-12-15-18-21-30-23-25-32-26-24-31-22-19-16-13-10-8-7-9-11-14-17-20-28-29-27/h2-26H2,1H3. The predicted octanol–water partition coefficient (Wildman–Crippen LogP) is 8.39. The Morgan fingerprint density at radius 1 is 0.469 bits per heavy atom. The molecule has 0 aliphatic carbocycles. The van der Waals surface area contributed by atoms with Gasteiger partial charge in [0.1, 0.15) is 0 Å². The molecule has 0 rings (SSSR count). The van der Waals surface area contributed by atoms with E-state index in [9.17, 15) is 0 Å². The van der Waals surface area contributed by atoms with E-state index in [0.29, 0.717) is 33.0 Å². The van der Waals surface area contributed by atoms with Crippen LogP contribution in [0.3, 0.4) is 0 Å². The second kappa shape index (κ2) is 30.2. The van der Waals surface area contributed by atoms with Gasteiger partial charge in [-0.2, -0.15) is 0 Å². The molecule has 6 heteroatoms. The van der Waals surface area contributed by atoms with Crippen molar-refractivity contribution in [2.24, 2.45) is 5.11 Å². The van der Waals surface area contributed by atoms with Crippen molar-refractivity contribution < 1.29 is 14.2 Å². The van der Waals surface area contributed by atoms with Gasteiger partial charge in [0.05, 0.1) is 26.4 Å². The molecule has 0 aromatic carbocycles. The lowest BCUT2D eigenvalue weighted by Crippen LogP contribution is -2.10. The minimum atomic E-state index is 0.651. The van der Waals surface area contributed by atoms with Gasteiger partial charge in [-0.3, -0.25) is 0 Å². The van der Waals surface area contributed by atoms with Crippen LogP contribution in [0.2, 0.25) is 0 Å². The molecule has 0 spiro atoms. The van der Waals surface area contributed by atoms with Crippen LogP contribution in [0.4, 0.5) is 0 Å². The number of hydrogen-bond acceptors (Lipinski definition) is 4. The van der Waals surface area contributed by atoms with Gasteiger partial charge < -0.3 is 14.2 Å². The second-order valence-electron chi connectivity index (χ2n) is 8.80. The first-order valence-electron chi connectivity index (χ1n) is 13.7. The summed E-state index contributed by atoms with van der Waals surface area (Å²) >= 11 is 0. The minimum Gasteiger partial charge on any atom is -0.379 e. The molecule has 0 atom stereocenters. The summed E-state index contributed by atoms with van der Waals surface area (Å²) in [5.41, 5.74) is 8.20. The van der Waals surface area contributed by atoms with Crippen LogP contribution in [0.1, 0.15) is 122 Å². The van der Waals surface area contributed by atoms with Gasteiger partial charge >= 0.3 is 0 Å². The molecule has 0 aromatic heterocycles. The molecule has 0 fully saturated rings. The highest BCUT2D eigenvalue weighted by molar-refractivity contribution is 4.51. The maximum Gasteiger partial charge on any atom is 0.0701 e. The zero-order chi connectivity index (χ0) is 23.2. The molecular weight excluding hydrogens is 402 g/mol. The lowest BCUT2D eigenvalue weighted by atomic mass is 10.1. The second-order valence-corrected chi connectivity index (χ2v) is 8.80. The summed E-state index contributed by atoms with van der Waals surface area (Å²) in [5.74, 6) is 0. The van der Waals surface area contributed by atoms with Crippen LogP contribution in [0.15, 0.2) is 5.11 Å². The van der Waals surface area contributed by atoms with Gasteiger partial charge in [0, 0.05) is 24.7 Å². The third-order valence-electron chi connectivity index (χ3n) is 5.75. The maximum absolute atomic E-state index is 8.20. The molecule has 0 saturated heterocycles. The van der Waals surface area contributed by atoms with Crippen molar-refractivity contribution in [2.45, 2.75) is 122 Å². The molecule has 0 saturated carbocycles. The van der Waals surface area contributed by atoms with Crippen molar-refractivity contribution in [1.82, 2.24) is 0 Å². The molecule has 0 unspecified atom stereocenters. The van der Waals surface area contributed by atoms with Gasteiger partial charge in [0.15, 0.2) is 0 Å². The Morgan fingerprint density at radius 2 is 0.812 bits per heavy atom. The highest BCUT2D eigenvalue weighted by atomic mass is 16.5. The minimum absolute atomic E-state index is 0.651. The summed E-state index contributed by atoms with van der Waals surface area (Å²) in [6, 6.07) is 0. The first kappa shape index (κ1) is 31.2. The smallest absolute Gasteiger partial charge is 0.0701 e. The lowest BCUT2D eigenvalue weighted by Gasteiger charge is -2.07. The molecule has 0 aliphatic rings. The SMILES string of the molecule is CCCCCCCCCCOCCOCCOCCCCCCCCCCCCN=[N+]=[N-]. The van der Waals surface area contributed by atoms with Gasteiger partial charge in [-0.1, -0.05) is 108 Å². The average Bonchev–Trinajstić information content (AvgIpc) is 2.81. The molecule has 0 aliphatic heterocycles. The molecule has 0 bridgehead atoms. The summed E-state index contributed by atoms with van der Waals surface area (Å²) in [5, 5.41) is 3.56. The zero-order valence-corrected chi connectivity index (χ0v) is 21.2. The topological polar surface area (TPSA) is 76.5 Å². The van der Waals surface area contributed by atoms with Gasteiger partial charge in [0.25, 0.3) is 0 Å². The summed E-state index contributed by atoms with van der Waals surface area (Å²) in [4.78, 5) is 2.77. The van der Waals surface area contributed by atoms with Gasteiger partial charge in [-0.25, -0.2) is 0 Å². The van der Waals surface area contributed by atoms with Crippen LogP contribution in [-0.2, 0) is 14.2 Å². The number of azide groups is 1. The van der Waals surface area contributed by atoms with E-state index >= 15 is 0 Å². The molecule has 0 N–H and O–H groups in total. The lowest BCUT2D eigenvalue weighted by molar-refractivity contribution is 0.0132. The molecule has 6 nitrogen and oxygen atoms in total. The Kier molecular flexibility index (Phi) is 29.4. The summed E-state index contributed by atoms with van der Waals surface area (Å²) in [6.45, 7) is 7.37. The molecule has 0 heterocycles. The van der Waals surface area contributed by atoms with E-state index in [1.165, 1.54) is 103 Å². The fourth-order valence-corrected chi connectivity index (χ4v) is 3.73. The van der Waals surface area contributed by atoms with Crippen LogP contribution in [0.25, 0.3) is 10.4 Å². The van der Waals surface area contributed by atoms with Crippen LogP contribution in [0, 0.1) is 0 Å². The molecular formula is C26H53N3O3. The molecule has 32 heavy (non-hydrogen) atoms. The van der Waals surface area contributed by atoms with Crippen LogP contribution < -0.4 is 0 Å². The fourth-order valence-electron chi connectivity index (χ4n) is 3.73. The predicted molar refractivity (Wildman–Crippen MR) is 135 cm³/mol. The van der Waals surface area contributed by atoms with Crippen molar-refractivity contribution in [3.8, 4) is 0 Å². The molecule has 190 valence electrons. The van der Waals surface area contributed by atoms with Crippen molar-refractivity contribution in [2.75, 3.05) is 46.2 Å². The van der Waals surface area contributed by atoms with Crippen LogP contribution in [-0.4, -0.2) is 46.2 Å². The largest absolute Gasteiger partial charge is 0.379 e. The Morgan fingerprint density at radius 3 is 1.22 bits per heavy atom. The van der Waals surface area contributed by atoms with E-state index < -0.39 is 0 Å². The quantitative estimate of drug-likeness (QED) is 0.0514. The molecule has 0 aromatic rings. The van der Waals surface area contributed by atoms with Crippen LogP contribution in [0.5, 0.6) is 0 Å². The summed E-state index contributed by atoms with van der Waals surface area (Å²) in [6.07, 6.45) is 23.2. The normalized spacial score (nSPS) is 11.0. The third kappa shape index (κ3) is 29.2. The first-order valence-corrected chi connectivity index (χ1v) is 13.7. The van der Waals surface area contributed by atoms with E-state index in [4.69, 9.17) is 19.7 Å². The maximum atomic E-state index is 8.20. The Bertz CT molecular complexity index is 391. The molecule has 0 amide bonds. The number of ether oxygens (including phenoxy) is 3. The van der Waals surface area contributed by atoms with Gasteiger partial charge in [0.2, 0.25) is 0 Å². The number of hydrogen-bond donors (Lipinski definition) is 0. The number of rotatable bonds is 28. The molecule has 0 radical (unpaired) electrons. The summed E-state index contributed by atoms with van der Waals surface area (Å²) in [7, 11) is 0. The van der Waals surface area contributed by atoms with E-state index in [1.807, 2.05) is 0 Å². The monoisotopic (exact) mass is 455 g/mol. The highest BCUT2D eigenvalue weighted by Crippen LogP contribution is 2.11. The first-order chi connectivity index (χ1) is 15.9. The fraction of sp³-hybridized carbons (Fsp3) is 1.00. The Hall–Kier alpha value is -0.810. The Balaban J connectivity index is 3.00. The van der Waals surface area contributed by atoms with Crippen molar-refractivity contribution >= 4 is 0 Å². The third-order valence-corrected chi connectivity index (χ3v) is 5.75. The van der Waals surface area contributed by atoms with Crippen molar-refractivity contribution in [3.05, 3.63) is 10.4 Å². The van der Waals surface area contributed by atoms with E-state index in [-0.39, 0.29) is 0 Å². The van der Waals surface area contributed by atoms with E-state index in [2.05, 4.69) is 16.9 Å². The van der Waals surface area contributed by atoms with Crippen LogP contribution >= 0.6 is 0 Å². The average molecular weight is 456 g/mol.